The van der Waals surface area contributed by atoms with Gasteiger partial charge in [-0.05, 0) is 22.0 Å². The summed E-state index contributed by atoms with van der Waals surface area (Å²) < 4.78 is 22.7. The van der Waals surface area contributed by atoms with E-state index in [1.807, 2.05) is 0 Å². The second kappa shape index (κ2) is 4.50. The molecule has 5 heteroatoms. The minimum atomic E-state index is -0.759. The van der Waals surface area contributed by atoms with Gasteiger partial charge in [0.1, 0.15) is 16.9 Å². The van der Waals surface area contributed by atoms with Crippen LogP contribution in [0.1, 0.15) is 5.56 Å². The van der Waals surface area contributed by atoms with Gasteiger partial charge in [-0.3, -0.25) is 0 Å². The van der Waals surface area contributed by atoms with Crippen LogP contribution < -0.4 is 9.47 Å². The zero-order chi connectivity index (χ0) is 10.7. The van der Waals surface area contributed by atoms with Crippen LogP contribution in [0.25, 0.3) is 0 Å². The number of aromatic hydroxyl groups is 1. The van der Waals surface area contributed by atoms with Crippen LogP contribution in [0.5, 0.6) is 17.2 Å². The van der Waals surface area contributed by atoms with E-state index in [4.69, 9.17) is 9.47 Å². The van der Waals surface area contributed by atoms with Gasteiger partial charge in [0.05, 0.1) is 14.2 Å². The molecule has 0 bridgehead atoms. The van der Waals surface area contributed by atoms with Gasteiger partial charge in [0, 0.05) is 5.56 Å². The maximum Gasteiger partial charge on any atom is 0.178 e. The summed E-state index contributed by atoms with van der Waals surface area (Å²) in [5, 5.41) is 9.51. The highest BCUT2D eigenvalue weighted by molar-refractivity contribution is 9.10. The van der Waals surface area contributed by atoms with Gasteiger partial charge in [-0.25, -0.2) is 4.39 Å². The van der Waals surface area contributed by atoms with E-state index >= 15 is 0 Å². The smallest absolute Gasteiger partial charge is 0.178 e. The Hall–Kier alpha value is -0.970. The Morgan fingerprint density at radius 3 is 2.50 bits per heavy atom. The summed E-state index contributed by atoms with van der Waals surface area (Å²) in [6.07, 6.45) is 0. The van der Waals surface area contributed by atoms with Crippen molar-refractivity contribution < 1.29 is 19.0 Å². The Bertz CT molecular complexity index is 341. The maximum absolute atomic E-state index is 12.4. The van der Waals surface area contributed by atoms with Crippen molar-refractivity contribution in [1.82, 2.24) is 0 Å². The van der Waals surface area contributed by atoms with Crippen molar-refractivity contribution in [2.45, 2.75) is 6.67 Å². The second-order valence-electron chi connectivity index (χ2n) is 2.57. The van der Waals surface area contributed by atoms with Crippen LogP contribution in [0, 0.1) is 0 Å². The number of alkyl halides is 1. The third-order valence-corrected chi connectivity index (χ3v) is 2.54. The maximum atomic E-state index is 12.4. The van der Waals surface area contributed by atoms with Crippen LogP contribution >= 0.6 is 15.9 Å². The average molecular weight is 265 g/mol. The van der Waals surface area contributed by atoms with Crippen molar-refractivity contribution in [3.63, 3.8) is 0 Å². The summed E-state index contributed by atoms with van der Waals surface area (Å²) in [6.45, 7) is -0.759. The summed E-state index contributed by atoms with van der Waals surface area (Å²) in [4.78, 5) is 0. The molecule has 0 unspecified atom stereocenters. The predicted octanol–water partition coefficient (Wildman–Crippen LogP) is 2.64. The first-order chi connectivity index (χ1) is 6.65. The monoisotopic (exact) mass is 264 g/mol. The van der Waals surface area contributed by atoms with Gasteiger partial charge in [0.25, 0.3) is 0 Å². The molecule has 3 nitrogen and oxygen atoms in total. The van der Waals surface area contributed by atoms with Crippen LogP contribution in [0.3, 0.4) is 0 Å². The van der Waals surface area contributed by atoms with Gasteiger partial charge >= 0.3 is 0 Å². The lowest BCUT2D eigenvalue weighted by Gasteiger charge is -2.12. The first-order valence-electron chi connectivity index (χ1n) is 3.84. The lowest BCUT2D eigenvalue weighted by Crippen LogP contribution is -1.94. The molecule has 1 aromatic carbocycles. The first-order valence-corrected chi connectivity index (χ1v) is 4.63. The SMILES string of the molecule is COc1cc(CF)c(O)c(Br)c1OC. The number of phenolic OH excluding ortho intramolecular Hbond substituents is 1. The molecule has 0 aromatic heterocycles. The van der Waals surface area contributed by atoms with Crippen LogP contribution in [0.15, 0.2) is 10.5 Å². The minimum Gasteiger partial charge on any atom is -0.506 e. The van der Waals surface area contributed by atoms with E-state index in [0.717, 1.165) is 0 Å². The van der Waals surface area contributed by atoms with Crippen molar-refractivity contribution >= 4 is 15.9 Å². The van der Waals surface area contributed by atoms with E-state index in [1.165, 1.54) is 20.3 Å². The fourth-order valence-corrected chi connectivity index (χ4v) is 1.70. The molecule has 0 aliphatic carbocycles. The van der Waals surface area contributed by atoms with Crippen molar-refractivity contribution in [1.29, 1.82) is 0 Å². The largest absolute Gasteiger partial charge is 0.506 e. The van der Waals surface area contributed by atoms with Gasteiger partial charge in [-0.2, -0.15) is 0 Å². The lowest BCUT2D eigenvalue weighted by molar-refractivity contribution is 0.345. The fourth-order valence-electron chi connectivity index (χ4n) is 1.09. The normalized spacial score (nSPS) is 10.0. The van der Waals surface area contributed by atoms with Gasteiger partial charge in [-0.1, -0.05) is 0 Å². The molecular formula is C9H10BrFO3. The third-order valence-electron chi connectivity index (χ3n) is 1.81. The Kier molecular flexibility index (Phi) is 3.57. The Morgan fingerprint density at radius 2 is 2.07 bits per heavy atom. The van der Waals surface area contributed by atoms with Crippen LogP contribution in [-0.2, 0) is 6.67 Å². The fraction of sp³-hybridized carbons (Fsp3) is 0.333. The Balaban J connectivity index is 3.38. The molecule has 1 N–H and O–H groups in total. The average Bonchev–Trinajstić information content (AvgIpc) is 2.21. The zero-order valence-corrected chi connectivity index (χ0v) is 9.39. The number of ether oxygens (including phenoxy) is 2. The standard InChI is InChI=1S/C9H10BrFO3/c1-13-6-3-5(4-11)8(12)7(10)9(6)14-2/h3,12H,4H2,1-2H3. The number of methoxy groups -OCH3 is 2. The summed E-state index contributed by atoms with van der Waals surface area (Å²) in [7, 11) is 2.89. The lowest BCUT2D eigenvalue weighted by atomic mass is 10.2. The van der Waals surface area contributed by atoms with Crippen molar-refractivity contribution in [3.8, 4) is 17.2 Å². The van der Waals surface area contributed by atoms with E-state index in [1.54, 1.807) is 0 Å². The molecule has 14 heavy (non-hydrogen) atoms. The van der Waals surface area contributed by atoms with Gasteiger partial charge < -0.3 is 14.6 Å². The number of halogens is 2. The van der Waals surface area contributed by atoms with E-state index in [2.05, 4.69) is 15.9 Å². The summed E-state index contributed by atoms with van der Waals surface area (Å²) >= 11 is 3.10. The number of hydrogen-bond acceptors (Lipinski definition) is 3. The van der Waals surface area contributed by atoms with Crippen molar-refractivity contribution in [2.75, 3.05) is 14.2 Å². The Morgan fingerprint density at radius 1 is 1.43 bits per heavy atom. The van der Waals surface area contributed by atoms with Gasteiger partial charge in [0.15, 0.2) is 11.5 Å². The molecule has 0 aliphatic rings. The van der Waals surface area contributed by atoms with Crippen LogP contribution in [-0.4, -0.2) is 19.3 Å². The number of phenols is 1. The minimum absolute atomic E-state index is 0.162. The van der Waals surface area contributed by atoms with E-state index in [0.29, 0.717) is 16.0 Å². The predicted molar refractivity (Wildman–Crippen MR) is 53.7 cm³/mol. The first kappa shape index (κ1) is 11.1. The molecule has 78 valence electrons. The zero-order valence-electron chi connectivity index (χ0n) is 7.80. The molecule has 0 atom stereocenters. The van der Waals surface area contributed by atoms with E-state index < -0.39 is 6.67 Å². The molecule has 0 aliphatic heterocycles. The molecule has 0 heterocycles. The number of benzene rings is 1. The van der Waals surface area contributed by atoms with Crippen LogP contribution in [0.4, 0.5) is 4.39 Å². The Labute approximate surface area is 89.6 Å². The van der Waals surface area contributed by atoms with E-state index in [-0.39, 0.29) is 11.3 Å². The molecule has 1 aromatic rings. The molecule has 0 radical (unpaired) electrons. The quantitative estimate of drug-likeness (QED) is 0.913. The summed E-state index contributed by atoms with van der Waals surface area (Å²) in [6, 6.07) is 1.40. The second-order valence-corrected chi connectivity index (χ2v) is 3.36. The summed E-state index contributed by atoms with van der Waals surface area (Å²) in [5.41, 5.74) is 0.162. The molecule has 0 saturated carbocycles. The van der Waals surface area contributed by atoms with Gasteiger partial charge in [0.2, 0.25) is 0 Å². The third kappa shape index (κ3) is 1.77. The number of rotatable bonds is 3. The van der Waals surface area contributed by atoms with Crippen molar-refractivity contribution in [3.05, 3.63) is 16.1 Å². The van der Waals surface area contributed by atoms with E-state index in [9.17, 15) is 9.50 Å². The van der Waals surface area contributed by atoms with Gasteiger partial charge in [-0.15, -0.1) is 0 Å². The van der Waals surface area contributed by atoms with Crippen molar-refractivity contribution in [2.24, 2.45) is 0 Å². The summed E-state index contributed by atoms with van der Waals surface area (Å²) in [5.74, 6) is 0.567. The number of hydrogen-bond donors (Lipinski definition) is 1. The molecular weight excluding hydrogens is 255 g/mol. The van der Waals surface area contributed by atoms with Crippen LogP contribution in [0.2, 0.25) is 0 Å². The highest BCUT2D eigenvalue weighted by Gasteiger charge is 2.16. The highest BCUT2D eigenvalue weighted by atomic mass is 79.9. The molecule has 0 saturated heterocycles. The highest BCUT2D eigenvalue weighted by Crippen LogP contribution is 2.43. The molecule has 0 amide bonds. The topological polar surface area (TPSA) is 38.7 Å². The molecule has 1 rings (SSSR count). The molecule has 0 spiro atoms. The molecule has 0 fully saturated rings.